The number of likely N-dealkylation sites (tertiary alicyclic amines) is 1. The van der Waals surface area contributed by atoms with Gasteiger partial charge in [-0.25, -0.2) is 0 Å². The van der Waals surface area contributed by atoms with E-state index in [1.165, 1.54) is 5.56 Å². The molecule has 1 aliphatic rings. The third kappa shape index (κ3) is 7.54. The minimum Gasteiger partial charge on any atom is -0.343 e. The largest absolute Gasteiger partial charge is 0.343 e. The van der Waals surface area contributed by atoms with Gasteiger partial charge in [-0.3, -0.25) is 9.59 Å². The molecule has 36 heavy (non-hydrogen) atoms. The van der Waals surface area contributed by atoms with Crippen LogP contribution < -0.4 is 10.6 Å². The van der Waals surface area contributed by atoms with Crippen LogP contribution in [-0.4, -0.2) is 36.3 Å². The molecule has 0 saturated carbocycles. The molecule has 4 rings (SSSR count). The zero-order valence-electron chi connectivity index (χ0n) is 20.5. The zero-order valence-corrected chi connectivity index (χ0v) is 21.3. The molecule has 1 heterocycles. The van der Waals surface area contributed by atoms with Crippen LogP contribution in [-0.2, 0) is 16.1 Å². The Morgan fingerprint density at radius 2 is 1.53 bits per heavy atom. The van der Waals surface area contributed by atoms with Gasteiger partial charge >= 0.3 is 0 Å². The van der Waals surface area contributed by atoms with Gasteiger partial charge < -0.3 is 15.5 Å². The quantitative estimate of drug-likeness (QED) is 0.372. The van der Waals surface area contributed by atoms with Gasteiger partial charge in [0, 0.05) is 43.3 Å². The van der Waals surface area contributed by atoms with Gasteiger partial charge in [-0.05, 0) is 77.9 Å². The summed E-state index contributed by atoms with van der Waals surface area (Å²) in [6.45, 7) is 5.15. The van der Waals surface area contributed by atoms with Crippen LogP contribution in [0.2, 0.25) is 5.02 Å². The first-order chi connectivity index (χ1) is 17.5. The van der Waals surface area contributed by atoms with Crippen molar-refractivity contribution in [3.63, 3.8) is 0 Å². The summed E-state index contributed by atoms with van der Waals surface area (Å²) < 4.78 is 0. The SMILES string of the molecule is CC(=O)N1CCC(CNCc2ccc(/C=C/C(=O)Nc3ccc(-c4ccc(Cl)cc4)cc3)cc2)CC1. The van der Waals surface area contributed by atoms with E-state index >= 15 is 0 Å². The highest BCUT2D eigenvalue weighted by Crippen LogP contribution is 2.23. The first-order valence-electron chi connectivity index (χ1n) is 12.4. The van der Waals surface area contributed by atoms with E-state index in [1.807, 2.05) is 71.6 Å². The molecule has 3 aromatic carbocycles. The number of carbonyl (C=O) groups excluding carboxylic acids is 2. The molecule has 2 N–H and O–H groups in total. The number of anilines is 1. The summed E-state index contributed by atoms with van der Waals surface area (Å²) in [5, 5.41) is 7.15. The summed E-state index contributed by atoms with van der Waals surface area (Å²) >= 11 is 5.96. The van der Waals surface area contributed by atoms with Gasteiger partial charge in [-0.15, -0.1) is 0 Å². The lowest BCUT2D eigenvalue weighted by Crippen LogP contribution is -2.39. The predicted octanol–water partition coefficient (Wildman–Crippen LogP) is 6.01. The number of amides is 2. The predicted molar refractivity (Wildman–Crippen MR) is 148 cm³/mol. The van der Waals surface area contributed by atoms with Crippen LogP contribution in [0.25, 0.3) is 17.2 Å². The molecule has 0 aliphatic carbocycles. The molecule has 1 saturated heterocycles. The summed E-state index contributed by atoms with van der Waals surface area (Å²) in [7, 11) is 0. The van der Waals surface area contributed by atoms with Gasteiger partial charge in [0.25, 0.3) is 0 Å². The Morgan fingerprint density at radius 1 is 0.917 bits per heavy atom. The number of piperidine rings is 1. The normalized spacial score (nSPS) is 14.2. The van der Waals surface area contributed by atoms with Gasteiger partial charge in [0.1, 0.15) is 0 Å². The van der Waals surface area contributed by atoms with Crippen LogP contribution in [0.15, 0.2) is 78.9 Å². The molecule has 0 aromatic heterocycles. The highest BCUT2D eigenvalue weighted by molar-refractivity contribution is 6.30. The average molecular weight is 502 g/mol. The fraction of sp³-hybridized carbons (Fsp3) is 0.267. The number of benzene rings is 3. The number of nitrogens with one attached hydrogen (secondary N) is 2. The number of hydrogen-bond donors (Lipinski definition) is 2. The average Bonchev–Trinajstić information content (AvgIpc) is 2.89. The second-order valence-corrected chi connectivity index (χ2v) is 9.67. The van der Waals surface area contributed by atoms with Crippen molar-refractivity contribution >= 4 is 35.2 Å². The molecular formula is C30H32ClN3O2. The number of nitrogens with zero attached hydrogens (tertiary/aromatic N) is 1. The molecule has 1 fully saturated rings. The van der Waals surface area contributed by atoms with Gasteiger partial charge in [-0.2, -0.15) is 0 Å². The van der Waals surface area contributed by atoms with E-state index in [1.54, 1.807) is 13.0 Å². The standard InChI is InChI=1S/C30H32ClN3O2/c1-22(35)34-18-16-25(17-19-34)21-32-20-24-4-2-23(3-5-24)6-15-30(36)33-29-13-9-27(10-14-29)26-7-11-28(31)12-8-26/h2-15,25,32H,16-21H2,1H3,(H,33,36)/b15-6+. The summed E-state index contributed by atoms with van der Waals surface area (Å²) in [5.41, 5.74) is 5.07. The molecule has 2 amide bonds. The van der Waals surface area contributed by atoms with Gasteiger partial charge in [-0.1, -0.05) is 60.1 Å². The molecular weight excluding hydrogens is 470 g/mol. The molecule has 1 aliphatic heterocycles. The molecule has 6 heteroatoms. The highest BCUT2D eigenvalue weighted by Gasteiger charge is 2.20. The van der Waals surface area contributed by atoms with Crippen molar-refractivity contribution in [2.75, 3.05) is 25.0 Å². The highest BCUT2D eigenvalue weighted by atomic mass is 35.5. The van der Waals surface area contributed by atoms with Crippen molar-refractivity contribution in [3.05, 3.63) is 95.0 Å². The molecule has 186 valence electrons. The van der Waals surface area contributed by atoms with Crippen LogP contribution in [0.1, 0.15) is 30.9 Å². The topological polar surface area (TPSA) is 61.4 Å². The minimum atomic E-state index is -0.171. The Bertz CT molecular complexity index is 1180. The summed E-state index contributed by atoms with van der Waals surface area (Å²) in [4.78, 5) is 25.7. The van der Waals surface area contributed by atoms with Gasteiger partial charge in [0.15, 0.2) is 0 Å². The monoisotopic (exact) mass is 501 g/mol. The van der Waals surface area contributed by atoms with Gasteiger partial charge in [0.2, 0.25) is 11.8 Å². The van der Waals surface area contributed by atoms with Crippen molar-refractivity contribution in [3.8, 4) is 11.1 Å². The fourth-order valence-corrected chi connectivity index (χ4v) is 4.49. The molecule has 5 nitrogen and oxygen atoms in total. The summed E-state index contributed by atoms with van der Waals surface area (Å²) in [5.74, 6) is 0.627. The second-order valence-electron chi connectivity index (χ2n) is 9.23. The molecule has 0 bridgehead atoms. The lowest BCUT2D eigenvalue weighted by atomic mass is 9.96. The first kappa shape index (κ1) is 25.7. The Labute approximate surface area is 218 Å². The molecule has 0 unspecified atom stereocenters. The van der Waals surface area contributed by atoms with Crippen molar-refractivity contribution in [2.24, 2.45) is 5.92 Å². The first-order valence-corrected chi connectivity index (χ1v) is 12.7. The Hall–Kier alpha value is -3.41. The maximum Gasteiger partial charge on any atom is 0.248 e. The second kappa shape index (κ2) is 12.5. The molecule has 3 aromatic rings. The van der Waals surface area contributed by atoms with E-state index in [2.05, 4.69) is 22.8 Å². The van der Waals surface area contributed by atoms with Crippen LogP contribution in [0, 0.1) is 5.92 Å². The van der Waals surface area contributed by atoms with Crippen LogP contribution in [0.3, 0.4) is 0 Å². The Kier molecular flexibility index (Phi) is 8.93. The summed E-state index contributed by atoms with van der Waals surface area (Å²) in [6, 6.07) is 23.6. The number of rotatable bonds is 8. The van der Waals surface area contributed by atoms with Crippen LogP contribution in [0.4, 0.5) is 5.69 Å². The van der Waals surface area contributed by atoms with E-state index in [-0.39, 0.29) is 11.8 Å². The maximum absolute atomic E-state index is 12.4. The number of hydrogen-bond acceptors (Lipinski definition) is 3. The molecule has 0 radical (unpaired) electrons. The number of carbonyl (C=O) groups is 2. The van der Waals surface area contributed by atoms with E-state index in [9.17, 15) is 9.59 Å². The number of halogens is 1. The molecule has 0 atom stereocenters. The minimum absolute atomic E-state index is 0.171. The van der Waals surface area contributed by atoms with Crippen molar-refractivity contribution < 1.29 is 9.59 Å². The van der Waals surface area contributed by atoms with Crippen LogP contribution >= 0.6 is 11.6 Å². The maximum atomic E-state index is 12.4. The van der Waals surface area contributed by atoms with Crippen molar-refractivity contribution in [1.82, 2.24) is 10.2 Å². The van der Waals surface area contributed by atoms with Crippen molar-refractivity contribution in [2.45, 2.75) is 26.3 Å². The van der Waals surface area contributed by atoms with E-state index in [4.69, 9.17) is 11.6 Å². The summed E-state index contributed by atoms with van der Waals surface area (Å²) in [6.07, 6.45) is 5.49. The zero-order chi connectivity index (χ0) is 25.3. The lowest BCUT2D eigenvalue weighted by Gasteiger charge is -2.31. The third-order valence-electron chi connectivity index (χ3n) is 6.56. The lowest BCUT2D eigenvalue weighted by molar-refractivity contribution is -0.130. The van der Waals surface area contributed by atoms with Crippen molar-refractivity contribution in [1.29, 1.82) is 0 Å². The van der Waals surface area contributed by atoms with E-state index in [0.717, 1.165) is 61.4 Å². The fourth-order valence-electron chi connectivity index (χ4n) is 4.36. The van der Waals surface area contributed by atoms with Crippen LogP contribution in [0.5, 0.6) is 0 Å². The van der Waals surface area contributed by atoms with E-state index < -0.39 is 0 Å². The van der Waals surface area contributed by atoms with Gasteiger partial charge in [0.05, 0.1) is 0 Å². The smallest absolute Gasteiger partial charge is 0.248 e. The Morgan fingerprint density at radius 3 is 2.14 bits per heavy atom. The Balaban J connectivity index is 1.20. The third-order valence-corrected chi connectivity index (χ3v) is 6.81. The van der Waals surface area contributed by atoms with E-state index in [0.29, 0.717) is 10.9 Å². The molecule has 0 spiro atoms.